The highest BCUT2D eigenvalue weighted by Gasteiger charge is 2.38. The molecule has 1 atom stereocenters. The van der Waals surface area contributed by atoms with Crippen molar-refractivity contribution < 1.29 is 19.2 Å². The topological polar surface area (TPSA) is 74.8 Å². The molecule has 0 N–H and O–H groups in total. The molecule has 136 valence electrons. The van der Waals surface area contributed by atoms with E-state index in [1.807, 2.05) is 0 Å². The van der Waals surface area contributed by atoms with Gasteiger partial charge in [-0.2, -0.15) is 0 Å². The summed E-state index contributed by atoms with van der Waals surface area (Å²) < 4.78 is 0. The minimum absolute atomic E-state index is 0.00829. The molecule has 27 heavy (non-hydrogen) atoms. The van der Waals surface area contributed by atoms with Crippen LogP contribution in [0.2, 0.25) is 0 Å². The number of fused-ring (bicyclic) bond motifs is 2. The van der Waals surface area contributed by atoms with Gasteiger partial charge in [-0.3, -0.25) is 29.0 Å². The highest BCUT2D eigenvalue weighted by atomic mass is 16.2. The third-order valence-electron chi connectivity index (χ3n) is 5.10. The third-order valence-corrected chi connectivity index (χ3v) is 5.10. The van der Waals surface area contributed by atoms with E-state index in [-0.39, 0.29) is 43.0 Å². The predicted octanol–water partition coefficient (Wildman–Crippen LogP) is 1.83. The lowest BCUT2D eigenvalue weighted by molar-refractivity contribution is -0.133. The Morgan fingerprint density at radius 3 is 1.93 bits per heavy atom. The summed E-state index contributed by atoms with van der Waals surface area (Å²) in [5.41, 5.74) is 2.39. The largest absolute Gasteiger partial charge is 0.276 e. The van der Waals surface area contributed by atoms with Crippen LogP contribution in [0, 0.1) is 0 Å². The van der Waals surface area contributed by atoms with E-state index in [0.29, 0.717) is 22.3 Å². The van der Waals surface area contributed by atoms with Gasteiger partial charge in [0.25, 0.3) is 11.8 Å². The SMILES string of the molecule is CC(CN1C(=O)Cc2ccccc2C1=O)N1C(=O)Cc2ccccc2C1=O. The lowest BCUT2D eigenvalue weighted by Gasteiger charge is -2.35. The van der Waals surface area contributed by atoms with Gasteiger partial charge >= 0.3 is 0 Å². The highest BCUT2D eigenvalue weighted by molar-refractivity contribution is 6.11. The van der Waals surface area contributed by atoms with E-state index in [2.05, 4.69) is 0 Å². The van der Waals surface area contributed by atoms with E-state index in [1.165, 1.54) is 4.90 Å². The van der Waals surface area contributed by atoms with Gasteiger partial charge in [-0.25, -0.2) is 0 Å². The van der Waals surface area contributed by atoms with E-state index < -0.39 is 6.04 Å². The second-order valence-electron chi connectivity index (χ2n) is 6.90. The molecule has 0 saturated heterocycles. The number of benzene rings is 2. The number of nitrogens with zero attached hydrogens (tertiary/aromatic N) is 2. The van der Waals surface area contributed by atoms with E-state index in [4.69, 9.17) is 0 Å². The summed E-state index contributed by atoms with van der Waals surface area (Å²) in [6, 6.07) is 13.4. The van der Waals surface area contributed by atoms with Crippen LogP contribution >= 0.6 is 0 Å². The number of rotatable bonds is 3. The summed E-state index contributed by atoms with van der Waals surface area (Å²) in [5.74, 6) is -1.40. The van der Waals surface area contributed by atoms with Crippen LogP contribution in [0.3, 0.4) is 0 Å². The van der Waals surface area contributed by atoms with Crippen LogP contribution in [0.1, 0.15) is 38.8 Å². The Balaban J connectivity index is 1.58. The van der Waals surface area contributed by atoms with Gasteiger partial charge in [-0.15, -0.1) is 0 Å². The van der Waals surface area contributed by atoms with Crippen LogP contribution in [0.4, 0.5) is 0 Å². The number of hydrogen-bond donors (Lipinski definition) is 0. The van der Waals surface area contributed by atoms with Gasteiger partial charge < -0.3 is 0 Å². The minimum atomic E-state index is -0.600. The predicted molar refractivity (Wildman–Crippen MR) is 97.0 cm³/mol. The molecule has 2 heterocycles. The lowest BCUT2D eigenvalue weighted by Crippen LogP contribution is -2.54. The Bertz CT molecular complexity index is 982. The van der Waals surface area contributed by atoms with Gasteiger partial charge in [0, 0.05) is 17.7 Å². The quantitative estimate of drug-likeness (QED) is 0.781. The van der Waals surface area contributed by atoms with Crippen molar-refractivity contribution in [1.29, 1.82) is 0 Å². The van der Waals surface area contributed by atoms with Crippen molar-refractivity contribution in [3.63, 3.8) is 0 Å². The van der Waals surface area contributed by atoms with Crippen LogP contribution in [-0.4, -0.2) is 46.0 Å². The van der Waals surface area contributed by atoms with Gasteiger partial charge in [0.05, 0.1) is 18.9 Å². The molecule has 0 radical (unpaired) electrons. The van der Waals surface area contributed by atoms with Gasteiger partial charge in [-0.1, -0.05) is 36.4 Å². The number of carbonyl (C=O) groups is 4. The molecule has 0 aliphatic carbocycles. The molecular formula is C21H18N2O4. The summed E-state index contributed by atoms with van der Waals surface area (Å²) in [7, 11) is 0. The first-order valence-corrected chi connectivity index (χ1v) is 8.84. The molecule has 2 aliphatic rings. The maximum absolute atomic E-state index is 12.8. The fraction of sp³-hybridized carbons (Fsp3) is 0.238. The van der Waals surface area contributed by atoms with Crippen LogP contribution in [0.15, 0.2) is 48.5 Å². The lowest BCUT2D eigenvalue weighted by atomic mass is 9.96. The Labute approximate surface area is 156 Å². The second kappa shape index (κ2) is 6.46. The van der Waals surface area contributed by atoms with Crippen LogP contribution < -0.4 is 0 Å². The van der Waals surface area contributed by atoms with E-state index in [0.717, 1.165) is 4.90 Å². The molecule has 6 nitrogen and oxygen atoms in total. The number of hydrogen-bond acceptors (Lipinski definition) is 4. The van der Waals surface area contributed by atoms with Crippen molar-refractivity contribution in [2.75, 3.05) is 6.54 Å². The highest BCUT2D eigenvalue weighted by Crippen LogP contribution is 2.24. The zero-order chi connectivity index (χ0) is 19.1. The zero-order valence-corrected chi connectivity index (χ0v) is 14.8. The minimum Gasteiger partial charge on any atom is -0.276 e. The van der Waals surface area contributed by atoms with Crippen molar-refractivity contribution in [1.82, 2.24) is 9.80 Å². The first kappa shape index (κ1) is 17.1. The summed E-state index contributed by atoms with van der Waals surface area (Å²) in [4.78, 5) is 52.8. The first-order valence-electron chi connectivity index (χ1n) is 8.84. The maximum Gasteiger partial charge on any atom is 0.261 e. The molecule has 0 bridgehead atoms. The summed E-state index contributed by atoms with van der Waals surface area (Å²) >= 11 is 0. The van der Waals surface area contributed by atoms with Crippen LogP contribution in [-0.2, 0) is 22.4 Å². The normalized spacial score (nSPS) is 17.7. The molecule has 2 aliphatic heterocycles. The van der Waals surface area contributed by atoms with Crippen LogP contribution in [0.5, 0.6) is 0 Å². The Morgan fingerprint density at radius 2 is 1.30 bits per heavy atom. The van der Waals surface area contributed by atoms with Crippen molar-refractivity contribution >= 4 is 23.6 Å². The van der Waals surface area contributed by atoms with E-state index >= 15 is 0 Å². The average molecular weight is 362 g/mol. The third kappa shape index (κ3) is 2.83. The standard InChI is InChI=1S/C21H18N2O4/c1-13(23-19(25)11-15-7-3-5-9-17(15)21(23)27)12-22-18(24)10-14-6-2-4-8-16(14)20(22)26/h2-9,13H,10-12H2,1H3. The number of carbonyl (C=O) groups excluding carboxylic acids is 4. The Kier molecular flexibility index (Phi) is 4.11. The summed E-state index contributed by atoms with van der Waals surface area (Å²) in [6.07, 6.45) is 0.274. The van der Waals surface area contributed by atoms with Crippen molar-refractivity contribution in [3.05, 3.63) is 70.8 Å². The molecule has 0 saturated carbocycles. The molecule has 0 spiro atoms. The van der Waals surface area contributed by atoms with Gasteiger partial charge in [0.2, 0.25) is 11.8 Å². The van der Waals surface area contributed by atoms with Gasteiger partial charge in [-0.05, 0) is 30.2 Å². The number of imide groups is 2. The fourth-order valence-electron chi connectivity index (χ4n) is 3.75. The molecule has 6 heteroatoms. The van der Waals surface area contributed by atoms with E-state index in [1.54, 1.807) is 55.5 Å². The second-order valence-corrected chi connectivity index (χ2v) is 6.90. The zero-order valence-electron chi connectivity index (χ0n) is 14.8. The van der Waals surface area contributed by atoms with Crippen molar-refractivity contribution in [3.8, 4) is 0 Å². The summed E-state index contributed by atoms with van der Waals surface area (Å²) in [5, 5.41) is 0. The molecule has 2 aromatic carbocycles. The van der Waals surface area contributed by atoms with Crippen molar-refractivity contribution in [2.45, 2.75) is 25.8 Å². The molecular weight excluding hydrogens is 344 g/mol. The summed E-state index contributed by atoms with van der Waals surface area (Å²) in [6.45, 7) is 1.68. The first-order chi connectivity index (χ1) is 13.0. The molecule has 0 aromatic heterocycles. The molecule has 4 amide bonds. The number of amides is 4. The molecule has 1 unspecified atom stereocenters. The molecule has 4 rings (SSSR count). The van der Waals surface area contributed by atoms with Gasteiger partial charge in [0.15, 0.2) is 0 Å². The fourth-order valence-corrected chi connectivity index (χ4v) is 3.75. The molecule has 2 aromatic rings. The average Bonchev–Trinajstić information content (AvgIpc) is 2.65. The monoisotopic (exact) mass is 362 g/mol. The Morgan fingerprint density at radius 1 is 0.778 bits per heavy atom. The molecule has 0 fully saturated rings. The van der Waals surface area contributed by atoms with E-state index in [9.17, 15) is 19.2 Å². The van der Waals surface area contributed by atoms with Crippen LogP contribution in [0.25, 0.3) is 0 Å². The van der Waals surface area contributed by atoms with Gasteiger partial charge in [0.1, 0.15) is 0 Å². The Hall–Kier alpha value is -3.28. The smallest absolute Gasteiger partial charge is 0.261 e. The van der Waals surface area contributed by atoms with Crippen molar-refractivity contribution in [2.24, 2.45) is 0 Å². The maximum atomic E-state index is 12.8.